The second-order valence-electron chi connectivity index (χ2n) is 11.2. The number of alkyl carbamates (subject to hydrolysis) is 1. The highest BCUT2D eigenvalue weighted by Gasteiger charge is 2.42. The van der Waals surface area contributed by atoms with Gasteiger partial charge in [0.15, 0.2) is 0 Å². The Hall–Kier alpha value is -4.17. The zero-order chi connectivity index (χ0) is 28.3. The largest absolute Gasteiger partial charge is 0.481 e. The molecule has 2 amide bonds. The van der Waals surface area contributed by atoms with Gasteiger partial charge in [-0.15, -0.1) is 0 Å². The maximum atomic E-state index is 13.7. The minimum Gasteiger partial charge on any atom is -0.481 e. The summed E-state index contributed by atoms with van der Waals surface area (Å²) < 4.78 is 5.68. The number of likely N-dealkylation sites (tertiary alicyclic amines) is 1. The highest BCUT2D eigenvalue weighted by atomic mass is 16.5. The number of fused-ring (bicyclic) bond motifs is 5. The number of hydrogen-bond acceptors (Lipinski definition) is 5. The molecule has 8 nitrogen and oxygen atoms in total. The van der Waals surface area contributed by atoms with Crippen LogP contribution in [0.1, 0.15) is 48.3 Å². The highest BCUT2D eigenvalue weighted by Crippen LogP contribution is 2.44. The third-order valence-electron chi connectivity index (χ3n) is 8.73. The summed E-state index contributed by atoms with van der Waals surface area (Å²) in [5, 5.41) is 12.0. The van der Waals surface area contributed by atoms with Crippen LogP contribution < -0.4 is 5.32 Å². The van der Waals surface area contributed by atoms with E-state index in [9.17, 15) is 19.5 Å². The van der Waals surface area contributed by atoms with Gasteiger partial charge in [0.2, 0.25) is 5.91 Å². The number of carboxylic acids is 1. The van der Waals surface area contributed by atoms with E-state index in [-0.39, 0.29) is 43.4 Å². The summed E-state index contributed by atoms with van der Waals surface area (Å²) in [6, 6.07) is 26.1. The number of nitrogens with zero attached hydrogens (tertiary/aromatic N) is 2. The number of benzene rings is 3. The lowest BCUT2D eigenvalue weighted by atomic mass is 9.98. The summed E-state index contributed by atoms with van der Waals surface area (Å²) in [5.74, 6) is -1.35. The molecule has 1 unspecified atom stereocenters. The lowest BCUT2D eigenvalue weighted by molar-refractivity contribution is -0.139. The van der Waals surface area contributed by atoms with Gasteiger partial charge in [-0.1, -0.05) is 78.9 Å². The van der Waals surface area contributed by atoms with Crippen molar-refractivity contribution >= 4 is 18.0 Å². The number of piperazine rings is 1. The standard InChI is InChI=1S/C33H35N3O5/c37-31(38)17-16-30(32(39)35-19-23-14-15-24(20-35)36(23)18-22-8-2-1-3-9-22)34-33(40)41-21-29-27-12-6-4-10-25(27)26-11-5-7-13-28(26)29/h1-13,23-24,29-30H,14-21H2,(H,34,40)(H,37,38)/t23-,24+,30?. The molecule has 2 fully saturated rings. The molecular weight excluding hydrogens is 518 g/mol. The normalized spacial score (nSPS) is 20.2. The van der Waals surface area contributed by atoms with Crippen LogP contribution in [0.2, 0.25) is 0 Å². The van der Waals surface area contributed by atoms with Gasteiger partial charge in [-0.25, -0.2) is 4.79 Å². The van der Waals surface area contributed by atoms with Crippen LogP contribution >= 0.6 is 0 Å². The van der Waals surface area contributed by atoms with E-state index in [1.165, 1.54) is 5.56 Å². The smallest absolute Gasteiger partial charge is 0.407 e. The van der Waals surface area contributed by atoms with Crippen LogP contribution in [-0.2, 0) is 20.9 Å². The number of nitrogens with one attached hydrogen (secondary N) is 1. The molecule has 8 heteroatoms. The van der Waals surface area contributed by atoms with Gasteiger partial charge in [0.05, 0.1) is 0 Å². The van der Waals surface area contributed by atoms with Gasteiger partial charge in [-0.3, -0.25) is 14.5 Å². The number of amides is 2. The number of hydrogen-bond donors (Lipinski definition) is 2. The lowest BCUT2D eigenvalue weighted by Crippen LogP contribution is -2.58. The molecule has 0 spiro atoms. The van der Waals surface area contributed by atoms with E-state index in [0.717, 1.165) is 41.6 Å². The monoisotopic (exact) mass is 553 g/mol. The first-order chi connectivity index (χ1) is 20.0. The zero-order valence-corrected chi connectivity index (χ0v) is 22.9. The Labute approximate surface area is 239 Å². The van der Waals surface area contributed by atoms with Crippen molar-refractivity contribution in [1.82, 2.24) is 15.1 Å². The van der Waals surface area contributed by atoms with Crippen molar-refractivity contribution in [2.24, 2.45) is 0 Å². The Bertz CT molecular complexity index is 1370. The van der Waals surface area contributed by atoms with Gasteiger partial charge < -0.3 is 20.1 Å². The third-order valence-corrected chi connectivity index (χ3v) is 8.73. The van der Waals surface area contributed by atoms with Crippen molar-refractivity contribution in [3.8, 4) is 11.1 Å². The van der Waals surface area contributed by atoms with E-state index in [2.05, 4.69) is 34.5 Å². The number of rotatable bonds is 9. The average molecular weight is 554 g/mol. The second-order valence-corrected chi connectivity index (χ2v) is 11.2. The summed E-state index contributed by atoms with van der Waals surface area (Å²) in [5.41, 5.74) is 5.72. The Morgan fingerprint density at radius 3 is 2.05 bits per heavy atom. The maximum Gasteiger partial charge on any atom is 0.407 e. The molecule has 0 saturated carbocycles. The molecule has 2 heterocycles. The summed E-state index contributed by atoms with van der Waals surface area (Å²) in [4.78, 5) is 42.3. The molecule has 41 heavy (non-hydrogen) atoms. The van der Waals surface area contributed by atoms with E-state index in [4.69, 9.17) is 4.74 Å². The first kappa shape index (κ1) is 27.0. The molecule has 2 saturated heterocycles. The molecule has 212 valence electrons. The third kappa shape index (κ3) is 5.70. The molecule has 3 atom stereocenters. The molecule has 3 aromatic carbocycles. The van der Waals surface area contributed by atoms with Crippen molar-refractivity contribution in [2.75, 3.05) is 19.7 Å². The number of carboxylic acid groups (broad SMARTS) is 1. The molecule has 0 aromatic heterocycles. The van der Waals surface area contributed by atoms with Crippen molar-refractivity contribution in [1.29, 1.82) is 0 Å². The molecule has 2 bridgehead atoms. The van der Waals surface area contributed by atoms with Crippen molar-refractivity contribution in [2.45, 2.75) is 56.3 Å². The molecule has 6 rings (SSSR count). The van der Waals surface area contributed by atoms with Crippen LogP contribution in [-0.4, -0.2) is 70.7 Å². The van der Waals surface area contributed by atoms with Gasteiger partial charge in [-0.05, 0) is 47.1 Å². The molecule has 1 aliphatic carbocycles. The van der Waals surface area contributed by atoms with E-state index >= 15 is 0 Å². The van der Waals surface area contributed by atoms with Crippen molar-refractivity contribution in [3.05, 3.63) is 95.6 Å². The number of carbonyl (C=O) groups excluding carboxylic acids is 2. The highest BCUT2D eigenvalue weighted by molar-refractivity contribution is 5.86. The van der Waals surface area contributed by atoms with Crippen LogP contribution in [0.3, 0.4) is 0 Å². The lowest BCUT2D eigenvalue weighted by Gasteiger charge is -2.42. The van der Waals surface area contributed by atoms with Gasteiger partial charge in [0.1, 0.15) is 12.6 Å². The Morgan fingerprint density at radius 2 is 1.44 bits per heavy atom. The van der Waals surface area contributed by atoms with Crippen molar-refractivity contribution in [3.63, 3.8) is 0 Å². The Kier molecular flexibility index (Phi) is 7.74. The van der Waals surface area contributed by atoms with Crippen LogP contribution in [0.15, 0.2) is 78.9 Å². The van der Waals surface area contributed by atoms with E-state index in [1.54, 1.807) is 4.90 Å². The molecule has 0 radical (unpaired) electrons. The quantitative estimate of drug-likeness (QED) is 0.401. The van der Waals surface area contributed by atoms with E-state index in [1.807, 2.05) is 54.6 Å². The molecule has 3 aliphatic rings. The SMILES string of the molecule is O=C(O)CCC(NC(=O)OCC1c2ccccc2-c2ccccc21)C(=O)N1C[C@H]2CC[C@@H](C1)N2Cc1ccccc1. The summed E-state index contributed by atoms with van der Waals surface area (Å²) >= 11 is 0. The van der Waals surface area contributed by atoms with Gasteiger partial charge >= 0.3 is 12.1 Å². The Morgan fingerprint density at radius 1 is 0.854 bits per heavy atom. The van der Waals surface area contributed by atoms with E-state index < -0.39 is 18.1 Å². The van der Waals surface area contributed by atoms with Crippen LogP contribution in [0.4, 0.5) is 4.79 Å². The maximum absolute atomic E-state index is 13.7. The fourth-order valence-electron chi connectivity index (χ4n) is 6.75. The van der Waals surface area contributed by atoms with Crippen LogP contribution in [0, 0.1) is 0 Å². The van der Waals surface area contributed by atoms with Gasteiger partial charge in [0.25, 0.3) is 0 Å². The van der Waals surface area contributed by atoms with E-state index in [0.29, 0.717) is 13.1 Å². The summed E-state index contributed by atoms with van der Waals surface area (Å²) in [7, 11) is 0. The van der Waals surface area contributed by atoms with Gasteiger partial charge in [-0.2, -0.15) is 0 Å². The molecule has 3 aromatic rings. The van der Waals surface area contributed by atoms with Crippen LogP contribution in [0.25, 0.3) is 11.1 Å². The fraction of sp³-hybridized carbons (Fsp3) is 0.364. The number of aliphatic carboxylic acids is 1. The molecular formula is C33H35N3O5. The predicted molar refractivity (Wildman–Crippen MR) is 154 cm³/mol. The number of ether oxygens (including phenoxy) is 1. The first-order valence-corrected chi connectivity index (χ1v) is 14.4. The summed E-state index contributed by atoms with van der Waals surface area (Å²) in [6.45, 7) is 2.11. The Balaban J connectivity index is 1.10. The minimum absolute atomic E-state index is 0.0118. The molecule has 2 aliphatic heterocycles. The minimum atomic E-state index is -1.01. The predicted octanol–water partition coefficient (Wildman–Crippen LogP) is 4.63. The first-order valence-electron chi connectivity index (χ1n) is 14.4. The second kappa shape index (κ2) is 11.7. The van der Waals surface area contributed by atoms with Gasteiger partial charge in [0, 0.05) is 44.1 Å². The van der Waals surface area contributed by atoms with Crippen LogP contribution in [0.5, 0.6) is 0 Å². The molecule has 2 N–H and O–H groups in total. The topological polar surface area (TPSA) is 99.2 Å². The summed E-state index contributed by atoms with van der Waals surface area (Å²) in [6.07, 6.45) is 1.11. The number of carbonyl (C=O) groups is 3. The van der Waals surface area contributed by atoms with Crippen molar-refractivity contribution < 1.29 is 24.2 Å². The fourth-order valence-corrected chi connectivity index (χ4v) is 6.75. The zero-order valence-electron chi connectivity index (χ0n) is 22.9. The average Bonchev–Trinajstić information content (AvgIpc) is 3.41.